The molecule has 2 aromatic heterocycles. The molecule has 1 aromatic carbocycles. The molecule has 0 atom stereocenters. The Hall–Kier alpha value is -3.18. The number of methoxy groups -OCH3 is 2. The highest BCUT2D eigenvalue weighted by molar-refractivity contribution is 7.13. The van der Waals surface area contributed by atoms with Gasteiger partial charge in [-0.2, -0.15) is 0 Å². The smallest absolute Gasteiger partial charge is 0.353 e. The van der Waals surface area contributed by atoms with Crippen LogP contribution in [0.3, 0.4) is 0 Å². The van der Waals surface area contributed by atoms with Crippen molar-refractivity contribution in [3.05, 3.63) is 45.2 Å². The number of aromatic nitrogens is 3. The Balaban J connectivity index is 2.02. The van der Waals surface area contributed by atoms with Crippen LogP contribution in [0.2, 0.25) is 5.02 Å². The second-order valence-corrected chi connectivity index (χ2v) is 6.25. The molecular formula is C15H13ClN6O4S. The fraction of sp³-hybridized carbons (Fsp3) is 0.133. The van der Waals surface area contributed by atoms with Gasteiger partial charge >= 0.3 is 5.69 Å². The number of hydrogen-bond acceptors (Lipinski definition) is 10. The summed E-state index contributed by atoms with van der Waals surface area (Å²) in [4.78, 5) is 23.0. The number of hydrogen-bond donors (Lipinski definition) is 2. The molecule has 0 fully saturated rings. The Labute approximate surface area is 162 Å². The molecule has 0 spiro atoms. The summed E-state index contributed by atoms with van der Waals surface area (Å²) < 4.78 is 10.4. The summed E-state index contributed by atoms with van der Waals surface area (Å²) >= 11 is 7.43. The van der Waals surface area contributed by atoms with Crippen LogP contribution in [0.1, 0.15) is 0 Å². The molecule has 0 radical (unpaired) electrons. The molecule has 0 aliphatic heterocycles. The van der Waals surface area contributed by atoms with E-state index < -0.39 is 4.92 Å². The topological polar surface area (TPSA) is 124 Å². The summed E-state index contributed by atoms with van der Waals surface area (Å²) in [5.74, 6) is 0.751. The summed E-state index contributed by atoms with van der Waals surface area (Å²) in [6, 6.07) is 3.09. The molecule has 10 nitrogen and oxygen atoms in total. The van der Waals surface area contributed by atoms with Crippen molar-refractivity contribution in [1.29, 1.82) is 0 Å². The van der Waals surface area contributed by atoms with Gasteiger partial charge < -0.3 is 20.1 Å². The van der Waals surface area contributed by atoms with Crippen molar-refractivity contribution in [2.45, 2.75) is 0 Å². The Bertz CT molecular complexity index is 969. The van der Waals surface area contributed by atoms with Gasteiger partial charge in [-0.15, -0.1) is 11.3 Å². The van der Waals surface area contributed by atoms with Crippen LogP contribution >= 0.6 is 22.9 Å². The Morgan fingerprint density at radius 2 is 1.81 bits per heavy atom. The van der Waals surface area contributed by atoms with Gasteiger partial charge in [-0.05, 0) is 6.07 Å². The predicted octanol–water partition coefficient (Wildman–Crippen LogP) is 4.00. The van der Waals surface area contributed by atoms with E-state index in [1.54, 1.807) is 17.6 Å². The molecule has 2 N–H and O–H groups in total. The molecule has 140 valence electrons. The van der Waals surface area contributed by atoms with E-state index in [9.17, 15) is 10.1 Å². The monoisotopic (exact) mass is 408 g/mol. The molecule has 0 bridgehead atoms. The van der Waals surface area contributed by atoms with Crippen LogP contribution in [0.4, 0.5) is 28.1 Å². The van der Waals surface area contributed by atoms with E-state index in [2.05, 4.69) is 25.6 Å². The summed E-state index contributed by atoms with van der Waals surface area (Å²) in [6.45, 7) is 0. The largest absolute Gasteiger partial charge is 0.495 e. The number of nitrogens with one attached hydrogen (secondary N) is 2. The lowest BCUT2D eigenvalue weighted by Gasteiger charge is -2.14. The molecule has 0 aliphatic carbocycles. The first-order valence-electron chi connectivity index (χ1n) is 7.38. The molecule has 0 amide bonds. The second-order valence-electron chi connectivity index (χ2n) is 4.95. The van der Waals surface area contributed by atoms with Gasteiger partial charge in [0, 0.05) is 17.6 Å². The standard InChI is InChI=1S/C15H13ClN6O4S/c1-25-10-6-11(26-2)9(5-8(10)16)20-13-12(22(23)24)14(19-7-18-13)21-15-17-3-4-27-15/h3-7H,1-2H3,(H2,17,18,19,20,21). The fourth-order valence-electron chi connectivity index (χ4n) is 2.21. The minimum Gasteiger partial charge on any atom is -0.495 e. The number of anilines is 4. The second kappa shape index (κ2) is 8.01. The summed E-state index contributed by atoms with van der Waals surface area (Å²) in [7, 11) is 2.93. The van der Waals surface area contributed by atoms with Crippen LogP contribution in [0.15, 0.2) is 30.0 Å². The molecule has 0 unspecified atom stereocenters. The SMILES string of the molecule is COc1cc(OC)c(Nc2ncnc(Nc3nccs3)c2[N+](=O)[O-])cc1Cl. The van der Waals surface area contributed by atoms with Crippen LogP contribution in [0.5, 0.6) is 11.5 Å². The summed E-state index contributed by atoms with van der Waals surface area (Å²) in [5.41, 5.74) is 0.0343. The van der Waals surface area contributed by atoms with E-state index in [0.717, 1.165) is 0 Å². The number of halogens is 1. The molecule has 27 heavy (non-hydrogen) atoms. The zero-order chi connectivity index (χ0) is 19.4. The summed E-state index contributed by atoms with van der Waals surface area (Å²) in [5, 5.41) is 19.8. The van der Waals surface area contributed by atoms with Crippen molar-refractivity contribution >= 4 is 51.1 Å². The van der Waals surface area contributed by atoms with Crippen LogP contribution in [0.25, 0.3) is 0 Å². The molecule has 12 heteroatoms. The maximum absolute atomic E-state index is 11.6. The maximum atomic E-state index is 11.6. The zero-order valence-electron chi connectivity index (χ0n) is 14.1. The predicted molar refractivity (Wildman–Crippen MR) is 102 cm³/mol. The minimum absolute atomic E-state index is 0.00558. The Kier molecular flexibility index (Phi) is 5.52. The number of thiazole rings is 1. The van der Waals surface area contributed by atoms with Crippen molar-refractivity contribution in [2.24, 2.45) is 0 Å². The van der Waals surface area contributed by atoms with Gasteiger partial charge in [-0.3, -0.25) is 10.1 Å². The average molecular weight is 409 g/mol. The number of nitro groups is 1. The van der Waals surface area contributed by atoms with Crippen molar-refractivity contribution in [2.75, 3.05) is 24.9 Å². The van der Waals surface area contributed by atoms with Gasteiger partial charge in [0.15, 0.2) is 5.13 Å². The van der Waals surface area contributed by atoms with Gasteiger partial charge in [0.05, 0.1) is 29.9 Å². The minimum atomic E-state index is -0.587. The normalized spacial score (nSPS) is 10.3. The zero-order valence-corrected chi connectivity index (χ0v) is 15.7. The highest BCUT2D eigenvalue weighted by Crippen LogP contribution is 2.39. The lowest BCUT2D eigenvalue weighted by atomic mass is 10.2. The number of nitrogens with zero attached hydrogens (tertiary/aromatic N) is 4. The van der Waals surface area contributed by atoms with Crippen LogP contribution < -0.4 is 20.1 Å². The van der Waals surface area contributed by atoms with E-state index in [1.165, 1.54) is 38.0 Å². The number of ether oxygens (including phenoxy) is 2. The summed E-state index contributed by atoms with van der Waals surface area (Å²) in [6.07, 6.45) is 2.77. The van der Waals surface area contributed by atoms with Crippen LogP contribution in [0, 0.1) is 10.1 Å². The third kappa shape index (κ3) is 3.99. The molecule has 3 rings (SSSR count). The fourth-order valence-corrected chi connectivity index (χ4v) is 2.98. The van der Waals surface area contributed by atoms with E-state index in [1.807, 2.05) is 0 Å². The number of benzene rings is 1. The van der Waals surface area contributed by atoms with Gasteiger partial charge in [0.2, 0.25) is 11.6 Å². The van der Waals surface area contributed by atoms with E-state index in [4.69, 9.17) is 21.1 Å². The van der Waals surface area contributed by atoms with Crippen molar-refractivity contribution < 1.29 is 14.4 Å². The molecule has 3 aromatic rings. The molecular weight excluding hydrogens is 396 g/mol. The average Bonchev–Trinajstić information content (AvgIpc) is 3.15. The van der Waals surface area contributed by atoms with Gasteiger partial charge in [0.1, 0.15) is 17.8 Å². The van der Waals surface area contributed by atoms with Crippen LogP contribution in [-0.2, 0) is 0 Å². The molecule has 0 saturated carbocycles. The lowest BCUT2D eigenvalue weighted by Crippen LogP contribution is -2.06. The molecule has 0 saturated heterocycles. The van der Waals surface area contributed by atoms with E-state index in [-0.39, 0.29) is 17.3 Å². The van der Waals surface area contributed by atoms with Crippen molar-refractivity contribution in [3.63, 3.8) is 0 Å². The number of rotatable bonds is 7. The molecule has 2 heterocycles. The third-order valence-electron chi connectivity index (χ3n) is 3.39. The van der Waals surface area contributed by atoms with Gasteiger partial charge in [-0.1, -0.05) is 11.6 Å². The molecule has 0 aliphatic rings. The highest BCUT2D eigenvalue weighted by Gasteiger charge is 2.25. The van der Waals surface area contributed by atoms with Gasteiger partial charge in [0.25, 0.3) is 0 Å². The van der Waals surface area contributed by atoms with Gasteiger partial charge in [-0.25, -0.2) is 15.0 Å². The van der Waals surface area contributed by atoms with Crippen molar-refractivity contribution in [1.82, 2.24) is 15.0 Å². The first kappa shape index (κ1) is 18.6. The first-order chi connectivity index (χ1) is 13.0. The third-order valence-corrected chi connectivity index (χ3v) is 4.37. The first-order valence-corrected chi connectivity index (χ1v) is 8.63. The quantitative estimate of drug-likeness (QED) is 0.440. The Morgan fingerprint density at radius 1 is 1.11 bits per heavy atom. The van der Waals surface area contributed by atoms with E-state index >= 15 is 0 Å². The highest BCUT2D eigenvalue weighted by atomic mass is 35.5. The van der Waals surface area contributed by atoms with E-state index in [0.29, 0.717) is 27.3 Å². The van der Waals surface area contributed by atoms with Crippen molar-refractivity contribution in [3.8, 4) is 11.5 Å². The Morgan fingerprint density at radius 3 is 2.41 bits per heavy atom. The lowest BCUT2D eigenvalue weighted by molar-refractivity contribution is -0.383. The maximum Gasteiger partial charge on any atom is 0.353 e. The van der Waals surface area contributed by atoms with Crippen LogP contribution in [-0.4, -0.2) is 34.1 Å².